The first-order valence-corrected chi connectivity index (χ1v) is 10.7. The fraction of sp³-hybridized carbons (Fsp3) is 0.350. The van der Waals surface area contributed by atoms with E-state index in [2.05, 4.69) is 42.9 Å². The van der Waals surface area contributed by atoms with Crippen LogP contribution in [0.1, 0.15) is 23.8 Å². The third-order valence-electron chi connectivity index (χ3n) is 5.58. The van der Waals surface area contributed by atoms with Gasteiger partial charge in [0.1, 0.15) is 17.6 Å². The largest absolute Gasteiger partial charge is 0.408 e. The fourth-order valence-electron chi connectivity index (χ4n) is 3.82. The Morgan fingerprint density at radius 1 is 1.33 bits per heavy atom. The first-order chi connectivity index (χ1) is 15.5. The molecule has 0 spiro atoms. The van der Waals surface area contributed by atoms with Gasteiger partial charge in [-0.3, -0.25) is 15.1 Å². The molecule has 1 fully saturated rings. The third-order valence-corrected chi connectivity index (χ3v) is 6.07. The maximum atomic E-state index is 13.3. The zero-order valence-electron chi connectivity index (χ0n) is 17.4. The van der Waals surface area contributed by atoms with Gasteiger partial charge in [0.25, 0.3) is 5.91 Å². The first kappa shape index (κ1) is 23.0. The lowest BCUT2D eigenvalue weighted by Crippen LogP contribution is -2.57. The molecular formula is C20H19BrF3N7O2. The zero-order valence-corrected chi connectivity index (χ0v) is 18.9. The molecule has 0 radical (unpaired) electrons. The number of rotatable bonds is 4. The molecule has 0 aliphatic carbocycles. The van der Waals surface area contributed by atoms with E-state index < -0.39 is 29.8 Å². The van der Waals surface area contributed by atoms with Gasteiger partial charge in [0, 0.05) is 23.6 Å². The number of hydrogen-bond donors (Lipinski definition) is 2. The van der Waals surface area contributed by atoms with Crippen LogP contribution in [0.3, 0.4) is 0 Å². The van der Waals surface area contributed by atoms with Gasteiger partial charge in [-0.25, -0.2) is 19.7 Å². The van der Waals surface area contributed by atoms with Crippen molar-refractivity contribution in [3.63, 3.8) is 0 Å². The summed E-state index contributed by atoms with van der Waals surface area (Å²) < 4.78 is 39.3. The number of urea groups is 1. The molecule has 1 saturated heterocycles. The van der Waals surface area contributed by atoms with Gasteiger partial charge in [-0.15, -0.1) is 0 Å². The summed E-state index contributed by atoms with van der Waals surface area (Å²) in [5, 5.41) is 4.57. The maximum Gasteiger partial charge on any atom is 0.408 e. The van der Waals surface area contributed by atoms with Crippen molar-refractivity contribution in [2.24, 2.45) is 4.99 Å². The number of aromatic nitrogens is 2. The molecule has 4 rings (SSSR count). The van der Waals surface area contributed by atoms with Gasteiger partial charge >= 0.3 is 12.2 Å². The number of halogens is 4. The Balaban J connectivity index is 1.71. The average Bonchev–Trinajstić information content (AvgIpc) is 3.13. The number of pyridine rings is 2. The highest BCUT2D eigenvalue weighted by molar-refractivity contribution is 9.10. The van der Waals surface area contributed by atoms with Gasteiger partial charge in [0.15, 0.2) is 11.5 Å². The molecule has 3 amide bonds. The molecule has 0 saturated carbocycles. The summed E-state index contributed by atoms with van der Waals surface area (Å²) in [6.45, 7) is 5.41. The van der Waals surface area contributed by atoms with Crippen LogP contribution in [0.25, 0.3) is 0 Å². The number of carbonyl (C=O) groups is 2. The van der Waals surface area contributed by atoms with Gasteiger partial charge < -0.3 is 10.2 Å². The van der Waals surface area contributed by atoms with Crippen molar-refractivity contribution >= 4 is 51.9 Å². The van der Waals surface area contributed by atoms with Crippen molar-refractivity contribution in [3.05, 3.63) is 40.6 Å². The molecule has 2 aromatic heterocycles. The first-order valence-electron chi connectivity index (χ1n) is 9.88. The van der Waals surface area contributed by atoms with Crippen molar-refractivity contribution in [3.8, 4) is 0 Å². The van der Waals surface area contributed by atoms with Gasteiger partial charge in [-0.1, -0.05) is 15.9 Å². The van der Waals surface area contributed by atoms with Crippen molar-refractivity contribution in [2.75, 3.05) is 28.2 Å². The number of fused-ring (bicyclic) bond motifs is 4. The Kier molecular flexibility index (Phi) is 5.76. The molecule has 174 valence electrons. The van der Waals surface area contributed by atoms with Crippen LogP contribution in [-0.4, -0.2) is 59.6 Å². The summed E-state index contributed by atoms with van der Waals surface area (Å²) in [5.74, 6) is -0.639. The second-order valence-electron chi connectivity index (χ2n) is 7.71. The van der Waals surface area contributed by atoms with Gasteiger partial charge in [0.2, 0.25) is 0 Å². The lowest BCUT2D eigenvalue weighted by molar-refractivity contribution is -0.149. The van der Waals surface area contributed by atoms with E-state index in [9.17, 15) is 22.8 Å². The average molecular weight is 526 g/mol. The van der Waals surface area contributed by atoms with Crippen LogP contribution in [0, 0.1) is 0 Å². The Hall–Kier alpha value is -3.22. The SMILES string of the molecule is C=NC12CCN(C1)c1ccc(C(=O)N[C@H](C)C(F)(F)F)nc1N2C(=O)Nc1cc(Br)ccn1. The highest BCUT2D eigenvalue weighted by atomic mass is 79.9. The van der Waals surface area contributed by atoms with E-state index in [-0.39, 0.29) is 17.3 Å². The topological polar surface area (TPSA) is 103 Å². The molecule has 2 N–H and O–H groups in total. The lowest BCUT2D eigenvalue weighted by Gasteiger charge is -2.42. The summed E-state index contributed by atoms with van der Waals surface area (Å²) in [7, 11) is 0. The minimum atomic E-state index is -4.60. The van der Waals surface area contributed by atoms with Gasteiger partial charge in [-0.05, 0) is 37.9 Å². The van der Waals surface area contributed by atoms with Crippen molar-refractivity contribution < 1.29 is 22.8 Å². The molecular weight excluding hydrogens is 507 g/mol. The quantitative estimate of drug-likeness (QED) is 0.594. The third kappa shape index (κ3) is 4.24. The monoisotopic (exact) mass is 525 g/mol. The zero-order chi connectivity index (χ0) is 24.0. The van der Waals surface area contributed by atoms with E-state index in [1.807, 2.05) is 10.2 Å². The van der Waals surface area contributed by atoms with Crippen LogP contribution < -0.4 is 20.4 Å². The van der Waals surface area contributed by atoms with E-state index in [1.165, 1.54) is 17.2 Å². The van der Waals surface area contributed by atoms with Crippen molar-refractivity contribution in [2.45, 2.75) is 31.2 Å². The minimum Gasteiger partial charge on any atom is -0.364 e. The number of amides is 3. The second-order valence-corrected chi connectivity index (χ2v) is 8.63. The summed E-state index contributed by atoms with van der Waals surface area (Å²) in [6.07, 6.45) is -2.64. The van der Waals surface area contributed by atoms with Crippen LogP contribution in [0.2, 0.25) is 0 Å². The van der Waals surface area contributed by atoms with E-state index in [0.717, 1.165) is 6.92 Å². The highest BCUT2D eigenvalue weighted by Gasteiger charge is 2.52. The molecule has 1 unspecified atom stereocenters. The maximum absolute atomic E-state index is 13.3. The standard InChI is InChI=1S/C20H19BrF3N7O2/c1-11(20(22,23)24)27-17(32)13-3-4-14-16(28-13)31(19(25-2)6-8-30(14)10-19)18(33)29-15-9-12(21)5-7-26-15/h3-5,7,9,11H,2,6,8,10H2,1H3,(H,27,32)(H,26,29,33)/t11-,19?/m1/s1. The summed E-state index contributed by atoms with van der Waals surface area (Å²) in [5.41, 5.74) is -0.751. The number of aliphatic imine (C=N–C) groups is 1. The number of nitrogens with one attached hydrogen (secondary N) is 2. The number of nitrogens with zero attached hydrogens (tertiary/aromatic N) is 5. The number of alkyl halides is 3. The number of anilines is 3. The molecule has 13 heteroatoms. The molecule has 0 aromatic carbocycles. The number of hydrogen-bond acceptors (Lipinski definition) is 6. The Bertz CT molecular complexity index is 1130. The minimum absolute atomic E-state index is 0.103. The van der Waals surface area contributed by atoms with Gasteiger partial charge in [-0.2, -0.15) is 13.2 Å². The smallest absolute Gasteiger partial charge is 0.364 e. The van der Waals surface area contributed by atoms with E-state index >= 15 is 0 Å². The van der Waals surface area contributed by atoms with E-state index in [0.29, 0.717) is 29.7 Å². The Morgan fingerprint density at radius 2 is 2.09 bits per heavy atom. The van der Waals surface area contributed by atoms with Crippen LogP contribution in [-0.2, 0) is 0 Å². The summed E-state index contributed by atoms with van der Waals surface area (Å²) in [6, 6.07) is 3.52. The Labute approximate surface area is 195 Å². The molecule has 9 nitrogen and oxygen atoms in total. The fourth-order valence-corrected chi connectivity index (χ4v) is 4.15. The molecule has 2 atom stereocenters. The molecule has 2 bridgehead atoms. The van der Waals surface area contributed by atoms with Crippen LogP contribution in [0.5, 0.6) is 0 Å². The molecule has 2 aromatic rings. The highest BCUT2D eigenvalue weighted by Crippen LogP contribution is 2.45. The van der Waals surface area contributed by atoms with Crippen LogP contribution in [0.15, 0.2) is 39.9 Å². The molecule has 33 heavy (non-hydrogen) atoms. The molecule has 2 aliphatic rings. The summed E-state index contributed by atoms with van der Waals surface area (Å²) in [4.78, 5) is 41.6. The van der Waals surface area contributed by atoms with Crippen molar-refractivity contribution in [1.82, 2.24) is 15.3 Å². The van der Waals surface area contributed by atoms with Gasteiger partial charge in [0.05, 0.1) is 12.2 Å². The van der Waals surface area contributed by atoms with E-state index in [1.54, 1.807) is 18.2 Å². The molecule has 4 heterocycles. The van der Waals surface area contributed by atoms with E-state index in [4.69, 9.17) is 0 Å². The normalized spacial score (nSPS) is 20.2. The van der Waals surface area contributed by atoms with Crippen molar-refractivity contribution in [1.29, 1.82) is 0 Å². The lowest BCUT2D eigenvalue weighted by atomic mass is 10.1. The Morgan fingerprint density at radius 3 is 2.76 bits per heavy atom. The molecule has 2 aliphatic heterocycles. The predicted molar refractivity (Wildman–Crippen MR) is 120 cm³/mol. The van der Waals surface area contributed by atoms with Crippen LogP contribution >= 0.6 is 15.9 Å². The number of carbonyl (C=O) groups excluding carboxylic acids is 2. The second kappa shape index (κ2) is 8.28. The predicted octanol–water partition coefficient (Wildman–Crippen LogP) is 3.58. The summed E-state index contributed by atoms with van der Waals surface area (Å²) >= 11 is 3.31. The van der Waals surface area contributed by atoms with Crippen LogP contribution in [0.4, 0.5) is 35.3 Å².